The Labute approximate surface area is 134 Å². The molecule has 1 heterocycles. The highest BCUT2D eigenvalue weighted by atomic mass is 16.5. The molecule has 1 aromatic carbocycles. The summed E-state index contributed by atoms with van der Waals surface area (Å²) in [5.74, 6) is 0.549. The van der Waals surface area contributed by atoms with Crippen LogP contribution in [0.1, 0.15) is 23.2 Å². The molecule has 0 aliphatic carbocycles. The van der Waals surface area contributed by atoms with Gasteiger partial charge in [0.25, 0.3) is 5.91 Å². The van der Waals surface area contributed by atoms with Gasteiger partial charge in [-0.3, -0.25) is 9.59 Å². The van der Waals surface area contributed by atoms with Gasteiger partial charge in [-0.05, 0) is 26.0 Å². The van der Waals surface area contributed by atoms with Crippen molar-refractivity contribution in [3.63, 3.8) is 0 Å². The Morgan fingerprint density at radius 1 is 1.35 bits per heavy atom. The molecule has 2 amide bonds. The largest absolute Gasteiger partial charge is 0.497 e. The highest BCUT2D eigenvalue weighted by molar-refractivity contribution is 5.98. The van der Waals surface area contributed by atoms with Crippen LogP contribution in [0, 0.1) is 6.92 Å². The number of rotatable bonds is 6. The molecular weight excluding hydrogens is 298 g/mol. The highest BCUT2D eigenvalue weighted by Crippen LogP contribution is 2.16. The SMILES string of the molecule is CCN(CC(=O)Nc1cccc(OC)c1)C(=O)c1cc(C)on1. The van der Waals surface area contributed by atoms with Crippen LogP contribution in [0.25, 0.3) is 0 Å². The Balaban J connectivity index is 2.00. The molecule has 0 aliphatic rings. The van der Waals surface area contributed by atoms with Gasteiger partial charge in [-0.2, -0.15) is 0 Å². The van der Waals surface area contributed by atoms with Crippen molar-refractivity contribution in [2.75, 3.05) is 25.5 Å². The van der Waals surface area contributed by atoms with Crippen molar-refractivity contribution in [2.45, 2.75) is 13.8 Å². The van der Waals surface area contributed by atoms with E-state index in [1.54, 1.807) is 51.3 Å². The molecule has 0 saturated carbocycles. The van der Waals surface area contributed by atoms with Crippen LogP contribution in [0.3, 0.4) is 0 Å². The van der Waals surface area contributed by atoms with Gasteiger partial charge in [0.15, 0.2) is 5.69 Å². The van der Waals surface area contributed by atoms with E-state index < -0.39 is 0 Å². The second-order valence-corrected chi connectivity index (χ2v) is 4.92. The Morgan fingerprint density at radius 3 is 2.74 bits per heavy atom. The second-order valence-electron chi connectivity index (χ2n) is 4.92. The van der Waals surface area contributed by atoms with Gasteiger partial charge in [-0.25, -0.2) is 0 Å². The first-order chi connectivity index (χ1) is 11.0. The van der Waals surface area contributed by atoms with Gasteiger partial charge in [0.2, 0.25) is 5.91 Å². The average molecular weight is 317 g/mol. The van der Waals surface area contributed by atoms with Crippen molar-refractivity contribution in [1.82, 2.24) is 10.1 Å². The third-order valence-electron chi connectivity index (χ3n) is 3.20. The number of likely N-dealkylation sites (N-methyl/N-ethyl adjacent to an activating group) is 1. The fourth-order valence-electron chi connectivity index (χ4n) is 2.03. The minimum absolute atomic E-state index is 0.0710. The first-order valence-electron chi connectivity index (χ1n) is 7.20. The summed E-state index contributed by atoms with van der Waals surface area (Å²) in [6.45, 7) is 3.81. The molecule has 0 radical (unpaired) electrons. The van der Waals surface area contributed by atoms with E-state index in [0.29, 0.717) is 23.7 Å². The van der Waals surface area contributed by atoms with Crippen LogP contribution in [0.2, 0.25) is 0 Å². The van der Waals surface area contributed by atoms with Crippen LogP contribution in [0.4, 0.5) is 5.69 Å². The summed E-state index contributed by atoms with van der Waals surface area (Å²) < 4.78 is 10.00. The summed E-state index contributed by atoms with van der Waals surface area (Å²) in [7, 11) is 1.55. The number of amides is 2. The summed E-state index contributed by atoms with van der Waals surface area (Å²) in [5, 5.41) is 6.42. The fourth-order valence-corrected chi connectivity index (χ4v) is 2.03. The number of ether oxygens (including phenoxy) is 1. The number of aryl methyl sites for hydroxylation is 1. The van der Waals surface area contributed by atoms with Gasteiger partial charge in [-0.15, -0.1) is 0 Å². The second kappa shape index (κ2) is 7.44. The summed E-state index contributed by atoms with van der Waals surface area (Å²) in [6, 6.07) is 8.56. The van der Waals surface area contributed by atoms with E-state index in [-0.39, 0.29) is 24.1 Å². The summed E-state index contributed by atoms with van der Waals surface area (Å²) >= 11 is 0. The van der Waals surface area contributed by atoms with E-state index in [0.717, 1.165) is 0 Å². The molecule has 0 fully saturated rings. The maximum Gasteiger partial charge on any atom is 0.276 e. The van der Waals surface area contributed by atoms with Gasteiger partial charge >= 0.3 is 0 Å². The number of hydrogen-bond acceptors (Lipinski definition) is 5. The maximum absolute atomic E-state index is 12.3. The van der Waals surface area contributed by atoms with Crippen LogP contribution < -0.4 is 10.1 Å². The van der Waals surface area contributed by atoms with Crippen molar-refractivity contribution in [3.8, 4) is 5.75 Å². The van der Waals surface area contributed by atoms with E-state index in [4.69, 9.17) is 9.26 Å². The van der Waals surface area contributed by atoms with E-state index in [1.807, 2.05) is 0 Å². The van der Waals surface area contributed by atoms with Crippen molar-refractivity contribution in [2.24, 2.45) is 0 Å². The minimum Gasteiger partial charge on any atom is -0.497 e. The molecule has 122 valence electrons. The molecule has 23 heavy (non-hydrogen) atoms. The van der Waals surface area contributed by atoms with Gasteiger partial charge in [-0.1, -0.05) is 11.2 Å². The zero-order chi connectivity index (χ0) is 16.8. The first-order valence-corrected chi connectivity index (χ1v) is 7.20. The predicted molar refractivity (Wildman–Crippen MR) is 84.4 cm³/mol. The molecule has 2 aromatic rings. The van der Waals surface area contributed by atoms with Crippen LogP contribution in [-0.4, -0.2) is 42.1 Å². The fraction of sp³-hybridized carbons (Fsp3) is 0.312. The average Bonchev–Trinajstić information content (AvgIpc) is 2.98. The lowest BCUT2D eigenvalue weighted by Gasteiger charge is -2.19. The molecule has 1 aromatic heterocycles. The number of benzene rings is 1. The number of nitrogens with zero attached hydrogens (tertiary/aromatic N) is 2. The number of aromatic nitrogens is 1. The lowest BCUT2D eigenvalue weighted by Crippen LogP contribution is -2.38. The molecule has 7 nitrogen and oxygen atoms in total. The van der Waals surface area contributed by atoms with Crippen molar-refractivity contribution in [1.29, 1.82) is 0 Å². The van der Waals surface area contributed by atoms with E-state index in [9.17, 15) is 9.59 Å². The number of carbonyl (C=O) groups excluding carboxylic acids is 2. The number of methoxy groups -OCH3 is 1. The Bertz CT molecular complexity index is 696. The van der Waals surface area contributed by atoms with Crippen LogP contribution in [0.5, 0.6) is 5.75 Å². The topological polar surface area (TPSA) is 84.7 Å². The first kappa shape index (κ1) is 16.5. The zero-order valence-corrected chi connectivity index (χ0v) is 13.3. The van der Waals surface area contributed by atoms with Gasteiger partial charge in [0, 0.05) is 24.4 Å². The summed E-state index contributed by atoms with van der Waals surface area (Å²) in [6.07, 6.45) is 0. The predicted octanol–water partition coefficient (Wildman–Crippen LogP) is 2.09. The number of hydrogen-bond donors (Lipinski definition) is 1. The molecule has 0 saturated heterocycles. The quantitative estimate of drug-likeness (QED) is 0.882. The Morgan fingerprint density at radius 2 is 2.13 bits per heavy atom. The molecule has 1 N–H and O–H groups in total. The van der Waals surface area contributed by atoms with Gasteiger partial charge in [0.05, 0.1) is 7.11 Å². The lowest BCUT2D eigenvalue weighted by atomic mass is 10.3. The molecule has 0 unspecified atom stereocenters. The maximum atomic E-state index is 12.3. The smallest absolute Gasteiger partial charge is 0.276 e. The molecule has 7 heteroatoms. The van der Waals surface area contributed by atoms with Crippen LogP contribution in [-0.2, 0) is 4.79 Å². The highest BCUT2D eigenvalue weighted by Gasteiger charge is 2.20. The standard InChI is InChI=1S/C16H19N3O4/c1-4-19(16(21)14-8-11(2)23-18-14)10-15(20)17-12-6-5-7-13(9-12)22-3/h5-9H,4,10H2,1-3H3,(H,17,20). The molecule has 2 rings (SSSR count). The van der Waals surface area contributed by atoms with Crippen LogP contribution >= 0.6 is 0 Å². The summed E-state index contributed by atoms with van der Waals surface area (Å²) in [4.78, 5) is 25.8. The van der Waals surface area contributed by atoms with E-state index in [2.05, 4.69) is 10.5 Å². The van der Waals surface area contributed by atoms with Crippen LogP contribution in [0.15, 0.2) is 34.9 Å². The van der Waals surface area contributed by atoms with Crippen molar-refractivity contribution >= 4 is 17.5 Å². The van der Waals surface area contributed by atoms with E-state index >= 15 is 0 Å². The Kier molecular flexibility index (Phi) is 5.35. The van der Waals surface area contributed by atoms with E-state index in [1.165, 1.54) is 4.90 Å². The lowest BCUT2D eigenvalue weighted by molar-refractivity contribution is -0.116. The van der Waals surface area contributed by atoms with Crippen molar-refractivity contribution in [3.05, 3.63) is 41.8 Å². The molecule has 0 spiro atoms. The summed E-state index contributed by atoms with van der Waals surface area (Å²) in [5.41, 5.74) is 0.800. The third kappa shape index (κ3) is 4.32. The number of nitrogens with one attached hydrogen (secondary N) is 1. The molecular formula is C16H19N3O4. The zero-order valence-electron chi connectivity index (χ0n) is 13.3. The number of anilines is 1. The molecule has 0 bridgehead atoms. The Hall–Kier alpha value is -2.83. The van der Waals surface area contributed by atoms with Crippen molar-refractivity contribution < 1.29 is 18.8 Å². The van der Waals surface area contributed by atoms with Gasteiger partial charge < -0.3 is 19.5 Å². The number of carbonyl (C=O) groups is 2. The third-order valence-corrected chi connectivity index (χ3v) is 3.20. The van der Waals surface area contributed by atoms with Gasteiger partial charge in [0.1, 0.15) is 18.1 Å². The molecule has 0 atom stereocenters. The molecule has 0 aliphatic heterocycles. The normalized spacial score (nSPS) is 10.2. The minimum atomic E-state index is -0.342. The monoisotopic (exact) mass is 317 g/mol.